The van der Waals surface area contributed by atoms with Gasteiger partial charge in [0.25, 0.3) is 0 Å². The molecule has 0 aliphatic heterocycles. The highest BCUT2D eigenvalue weighted by molar-refractivity contribution is 4.50. The van der Waals surface area contributed by atoms with E-state index in [0.717, 1.165) is 12.8 Å². The average Bonchev–Trinajstić information content (AvgIpc) is 2.74. The summed E-state index contributed by atoms with van der Waals surface area (Å²) >= 11 is 0. The molecule has 2 radical (unpaired) electrons. The molecule has 0 heterocycles. The zero-order valence-corrected chi connectivity index (χ0v) is 21.1. The molecule has 0 fully saturated rings. The molecule has 0 amide bonds. The van der Waals surface area contributed by atoms with Crippen LogP contribution in [0.1, 0.15) is 174 Å². The molecule has 0 bridgehead atoms. The monoisotopic (exact) mass is 408 g/mol. The first-order valence-electron chi connectivity index (χ1n) is 13.9. The van der Waals surface area contributed by atoms with E-state index in [2.05, 4.69) is 27.7 Å². The third-order valence-corrected chi connectivity index (χ3v) is 5.96. The highest BCUT2D eigenvalue weighted by atomic mass is 14.0. The minimum atomic E-state index is 1.12. The van der Waals surface area contributed by atoms with Crippen molar-refractivity contribution in [3.8, 4) is 0 Å². The maximum absolute atomic E-state index is 3.87. The van der Waals surface area contributed by atoms with E-state index in [-0.39, 0.29) is 0 Å². The lowest BCUT2D eigenvalue weighted by molar-refractivity contribution is 0.540. The fourth-order valence-electron chi connectivity index (χ4n) is 3.86. The number of hydrogen-bond donors (Lipinski definition) is 0. The van der Waals surface area contributed by atoms with Crippen molar-refractivity contribution in [1.82, 2.24) is 0 Å². The normalized spacial score (nSPS) is 10.8. The average molecular weight is 409 g/mol. The molecule has 0 spiro atoms. The van der Waals surface area contributed by atoms with Crippen molar-refractivity contribution in [2.24, 2.45) is 0 Å². The maximum atomic E-state index is 3.87. The molecule has 0 atom stereocenters. The Morgan fingerprint density at radius 1 is 0.276 bits per heavy atom. The predicted octanol–water partition coefficient (Wildman–Crippen LogP) is 11.4. The van der Waals surface area contributed by atoms with Gasteiger partial charge in [-0.05, 0) is 0 Å². The first-order valence-corrected chi connectivity index (χ1v) is 13.9. The second-order valence-electron chi connectivity index (χ2n) is 9.13. The SMILES string of the molecule is [CH2]CCCCCCCCCCCC.[CH2]CCCCCCCCCCCCCCC. The standard InChI is InChI=1S/C16H33.C13H27/c1-3-5-7-9-11-13-15-16-14-12-10-8-6-4-2;1-3-5-7-9-11-13-12-10-8-6-4-2/h1,3-16H2,2H3;1,3-13H2,2H3. The third kappa shape index (κ3) is 35.8. The van der Waals surface area contributed by atoms with Gasteiger partial charge in [-0.25, -0.2) is 0 Å². The fourth-order valence-corrected chi connectivity index (χ4v) is 3.86. The van der Waals surface area contributed by atoms with E-state index in [1.165, 1.54) is 148 Å². The van der Waals surface area contributed by atoms with E-state index in [1.54, 1.807) is 0 Å². The van der Waals surface area contributed by atoms with E-state index in [0.29, 0.717) is 0 Å². The zero-order chi connectivity index (χ0) is 21.7. The van der Waals surface area contributed by atoms with Gasteiger partial charge in [0.05, 0.1) is 0 Å². The lowest BCUT2D eigenvalue weighted by Crippen LogP contribution is -1.82. The van der Waals surface area contributed by atoms with Crippen LogP contribution < -0.4 is 0 Å². The van der Waals surface area contributed by atoms with Gasteiger partial charge in [0.15, 0.2) is 0 Å². The van der Waals surface area contributed by atoms with Gasteiger partial charge in [-0.15, -0.1) is 0 Å². The van der Waals surface area contributed by atoms with Gasteiger partial charge in [0.2, 0.25) is 0 Å². The molecule has 0 aromatic heterocycles. The van der Waals surface area contributed by atoms with Gasteiger partial charge in [-0.1, -0.05) is 188 Å². The Kier molecular flexibility index (Phi) is 35.1. The quantitative estimate of drug-likeness (QED) is 0.147. The fraction of sp³-hybridized carbons (Fsp3) is 0.931. The summed E-state index contributed by atoms with van der Waals surface area (Å²) in [5.41, 5.74) is 0. The van der Waals surface area contributed by atoms with Gasteiger partial charge in [-0.3, -0.25) is 0 Å². The van der Waals surface area contributed by atoms with Crippen LogP contribution in [0.3, 0.4) is 0 Å². The lowest BCUT2D eigenvalue weighted by Gasteiger charge is -2.02. The summed E-state index contributed by atoms with van der Waals surface area (Å²) in [5, 5.41) is 0. The Morgan fingerprint density at radius 3 is 0.621 bits per heavy atom. The molecule has 0 aliphatic rings. The first kappa shape index (κ1) is 31.2. The Balaban J connectivity index is 0. The third-order valence-electron chi connectivity index (χ3n) is 5.96. The largest absolute Gasteiger partial charge is 0.0654 e. The molecule has 176 valence electrons. The first-order chi connectivity index (χ1) is 14.3. The van der Waals surface area contributed by atoms with Gasteiger partial charge in [0.1, 0.15) is 0 Å². The Hall–Kier alpha value is 0. The van der Waals surface area contributed by atoms with Crippen LogP contribution in [0.5, 0.6) is 0 Å². The Labute approximate surface area is 188 Å². The molecule has 0 aliphatic carbocycles. The smallest absolute Gasteiger partial charge is 0.0533 e. The van der Waals surface area contributed by atoms with Crippen molar-refractivity contribution in [3.63, 3.8) is 0 Å². The van der Waals surface area contributed by atoms with Gasteiger partial charge in [0, 0.05) is 0 Å². The van der Waals surface area contributed by atoms with Crippen molar-refractivity contribution in [1.29, 1.82) is 0 Å². The van der Waals surface area contributed by atoms with E-state index in [9.17, 15) is 0 Å². The van der Waals surface area contributed by atoms with E-state index < -0.39 is 0 Å². The number of hydrogen-bond acceptors (Lipinski definition) is 0. The summed E-state index contributed by atoms with van der Waals surface area (Å²) < 4.78 is 0. The molecule has 0 unspecified atom stereocenters. The zero-order valence-electron chi connectivity index (χ0n) is 21.1. The molecule has 0 aromatic rings. The molecule has 0 aromatic carbocycles. The van der Waals surface area contributed by atoms with E-state index in [4.69, 9.17) is 0 Å². The van der Waals surface area contributed by atoms with Crippen LogP contribution in [-0.2, 0) is 0 Å². The molecule has 0 N–H and O–H groups in total. The van der Waals surface area contributed by atoms with Crippen molar-refractivity contribution in [3.05, 3.63) is 13.8 Å². The molecule has 0 heteroatoms. The highest BCUT2D eigenvalue weighted by Gasteiger charge is 1.93. The van der Waals surface area contributed by atoms with Crippen molar-refractivity contribution in [2.75, 3.05) is 0 Å². The predicted molar refractivity (Wildman–Crippen MR) is 137 cm³/mol. The summed E-state index contributed by atoms with van der Waals surface area (Å²) in [6.45, 7) is 12.3. The second kappa shape index (κ2) is 32.7. The van der Waals surface area contributed by atoms with Crippen molar-refractivity contribution in [2.45, 2.75) is 174 Å². The van der Waals surface area contributed by atoms with Crippen LogP contribution >= 0.6 is 0 Å². The number of rotatable bonds is 23. The van der Waals surface area contributed by atoms with Crippen LogP contribution in [0.25, 0.3) is 0 Å². The molecule has 0 rings (SSSR count). The van der Waals surface area contributed by atoms with Crippen LogP contribution in [0, 0.1) is 13.8 Å². The minimum Gasteiger partial charge on any atom is -0.0654 e. The van der Waals surface area contributed by atoms with Crippen LogP contribution in [0.4, 0.5) is 0 Å². The maximum Gasteiger partial charge on any atom is -0.0533 e. The molecular weight excluding hydrogens is 348 g/mol. The van der Waals surface area contributed by atoms with E-state index in [1.807, 2.05) is 0 Å². The molecule has 0 saturated carbocycles. The summed E-state index contributed by atoms with van der Waals surface area (Å²) in [6.07, 6.45) is 35.2. The lowest BCUT2D eigenvalue weighted by atomic mass is 10.0. The Bertz CT molecular complexity index is 208. The molecule has 29 heavy (non-hydrogen) atoms. The van der Waals surface area contributed by atoms with Gasteiger partial charge in [-0.2, -0.15) is 0 Å². The molecular formula is C29H60. The summed E-state index contributed by atoms with van der Waals surface area (Å²) in [4.78, 5) is 0. The summed E-state index contributed by atoms with van der Waals surface area (Å²) in [7, 11) is 0. The molecule has 0 saturated heterocycles. The van der Waals surface area contributed by atoms with Gasteiger partial charge >= 0.3 is 0 Å². The second-order valence-corrected chi connectivity index (χ2v) is 9.13. The van der Waals surface area contributed by atoms with Crippen LogP contribution in [-0.4, -0.2) is 0 Å². The minimum absolute atomic E-state index is 1.12. The van der Waals surface area contributed by atoms with Crippen LogP contribution in [0.2, 0.25) is 0 Å². The Morgan fingerprint density at radius 2 is 0.448 bits per heavy atom. The van der Waals surface area contributed by atoms with Crippen molar-refractivity contribution >= 4 is 0 Å². The van der Waals surface area contributed by atoms with E-state index >= 15 is 0 Å². The number of unbranched alkanes of at least 4 members (excludes halogenated alkanes) is 23. The summed E-state index contributed by atoms with van der Waals surface area (Å²) in [6, 6.07) is 0. The van der Waals surface area contributed by atoms with Crippen molar-refractivity contribution < 1.29 is 0 Å². The topological polar surface area (TPSA) is 0 Å². The molecule has 0 nitrogen and oxygen atoms in total. The van der Waals surface area contributed by atoms with Crippen LogP contribution in [0.15, 0.2) is 0 Å². The van der Waals surface area contributed by atoms with Gasteiger partial charge < -0.3 is 0 Å². The summed E-state index contributed by atoms with van der Waals surface area (Å²) in [5.74, 6) is 0. The highest BCUT2D eigenvalue weighted by Crippen LogP contribution is 2.13.